The third-order valence-corrected chi connectivity index (χ3v) is 5.02. The Morgan fingerprint density at radius 1 is 1.28 bits per heavy atom. The molecule has 0 aliphatic heterocycles. The fourth-order valence-electron chi connectivity index (χ4n) is 2.06. The van der Waals surface area contributed by atoms with Gasteiger partial charge >= 0.3 is 0 Å². The average molecular weight is 379 g/mol. The van der Waals surface area contributed by atoms with Gasteiger partial charge in [-0.1, -0.05) is 25.6 Å². The summed E-state index contributed by atoms with van der Waals surface area (Å²) in [5, 5.41) is 15.5. The minimum absolute atomic E-state index is 0.277. The second-order valence-corrected chi connectivity index (χ2v) is 7.69. The summed E-state index contributed by atoms with van der Waals surface area (Å²) in [6.45, 7) is 5.42. The van der Waals surface area contributed by atoms with Gasteiger partial charge < -0.3 is 4.74 Å². The third kappa shape index (κ3) is 5.23. The first-order valence-corrected chi connectivity index (χ1v) is 9.67. The van der Waals surface area contributed by atoms with E-state index in [-0.39, 0.29) is 5.82 Å². The summed E-state index contributed by atoms with van der Waals surface area (Å²) in [6, 6.07) is 5.96. The average Bonchev–Trinajstić information content (AvgIpc) is 3.21. The van der Waals surface area contributed by atoms with E-state index in [9.17, 15) is 4.39 Å². The molecule has 0 aliphatic rings. The van der Waals surface area contributed by atoms with Crippen LogP contribution in [0.5, 0.6) is 5.75 Å². The van der Waals surface area contributed by atoms with Gasteiger partial charge in [-0.05, 0) is 40.6 Å². The maximum absolute atomic E-state index is 12.9. The van der Waals surface area contributed by atoms with Crippen LogP contribution < -0.4 is 4.74 Å². The number of rotatable bonds is 8. The van der Waals surface area contributed by atoms with Crippen LogP contribution in [0.25, 0.3) is 0 Å². The number of thioether (sulfide) groups is 1. The summed E-state index contributed by atoms with van der Waals surface area (Å²) in [6.07, 6.45) is 0. The number of aromatic nitrogens is 5. The summed E-state index contributed by atoms with van der Waals surface area (Å²) in [7, 11) is 0. The summed E-state index contributed by atoms with van der Waals surface area (Å²) >= 11 is 3.11. The molecule has 3 rings (SSSR count). The van der Waals surface area contributed by atoms with Crippen molar-refractivity contribution in [2.24, 2.45) is 5.92 Å². The van der Waals surface area contributed by atoms with Crippen molar-refractivity contribution in [3.8, 4) is 5.75 Å². The Hall–Kier alpha value is -2.00. The van der Waals surface area contributed by atoms with E-state index in [1.165, 1.54) is 12.1 Å². The lowest BCUT2D eigenvalue weighted by atomic mass is 10.2. The van der Waals surface area contributed by atoms with Crippen molar-refractivity contribution in [2.75, 3.05) is 0 Å². The standard InChI is InChI=1S/C16H18FN5OS2/c1-11(2)7-22-16(19-20-21-22)25-10-13-9-24-15(18-13)8-23-14-5-3-12(17)4-6-14/h3-6,9,11H,7-8,10H2,1-2H3. The highest BCUT2D eigenvalue weighted by Crippen LogP contribution is 2.22. The second kappa shape index (κ2) is 8.39. The minimum Gasteiger partial charge on any atom is -0.486 e. The van der Waals surface area contributed by atoms with Gasteiger partial charge in [-0.15, -0.1) is 16.4 Å². The maximum Gasteiger partial charge on any atom is 0.209 e. The first-order valence-electron chi connectivity index (χ1n) is 7.81. The van der Waals surface area contributed by atoms with E-state index in [4.69, 9.17) is 4.74 Å². The smallest absolute Gasteiger partial charge is 0.209 e. The van der Waals surface area contributed by atoms with Crippen LogP contribution in [0.2, 0.25) is 0 Å². The predicted octanol–water partition coefficient (Wildman–Crippen LogP) is 3.80. The molecule has 0 spiro atoms. The van der Waals surface area contributed by atoms with Crippen LogP contribution in [0.1, 0.15) is 24.5 Å². The molecule has 1 aromatic carbocycles. The molecule has 0 aliphatic carbocycles. The highest BCUT2D eigenvalue weighted by molar-refractivity contribution is 7.98. The number of nitrogens with zero attached hydrogens (tertiary/aromatic N) is 5. The van der Waals surface area contributed by atoms with Gasteiger partial charge in [0.15, 0.2) is 0 Å². The molecule has 0 bridgehead atoms. The predicted molar refractivity (Wildman–Crippen MR) is 95.1 cm³/mol. The lowest BCUT2D eigenvalue weighted by Gasteiger charge is -2.05. The monoisotopic (exact) mass is 379 g/mol. The van der Waals surface area contributed by atoms with Crippen LogP contribution in [-0.2, 0) is 18.9 Å². The molecular formula is C16H18FN5OS2. The van der Waals surface area contributed by atoms with Crippen molar-refractivity contribution in [2.45, 2.75) is 37.9 Å². The molecule has 2 aromatic heterocycles. The first-order chi connectivity index (χ1) is 12.1. The van der Waals surface area contributed by atoms with Gasteiger partial charge in [-0.3, -0.25) is 0 Å². The largest absolute Gasteiger partial charge is 0.486 e. The fourth-order valence-corrected chi connectivity index (χ4v) is 3.65. The molecule has 0 radical (unpaired) electrons. The maximum atomic E-state index is 12.9. The summed E-state index contributed by atoms with van der Waals surface area (Å²) in [5.41, 5.74) is 0.965. The normalized spacial score (nSPS) is 11.2. The van der Waals surface area contributed by atoms with E-state index in [0.717, 1.165) is 22.4 Å². The highest BCUT2D eigenvalue weighted by Gasteiger charge is 2.10. The Balaban J connectivity index is 1.52. The van der Waals surface area contributed by atoms with Crippen molar-refractivity contribution < 1.29 is 9.13 Å². The van der Waals surface area contributed by atoms with Crippen LogP contribution in [0.4, 0.5) is 4.39 Å². The molecule has 0 amide bonds. The van der Waals surface area contributed by atoms with Crippen molar-refractivity contribution in [1.29, 1.82) is 0 Å². The molecule has 0 N–H and O–H groups in total. The molecule has 132 valence electrons. The lowest BCUT2D eigenvalue weighted by molar-refractivity contribution is 0.305. The second-order valence-electron chi connectivity index (χ2n) is 5.80. The summed E-state index contributed by atoms with van der Waals surface area (Å²) in [4.78, 5) is 4.55. The SMILES string of the molecule is CC(C)Cn1nnnc1SCc1csc(COc2ccc(F)cc2)n1. The Bertz CT molecular complexity index is 803. The van der Waals surface area contributed by atoms with Crippen LogP contribution in [0.3, 0.4) is 0 Å². The Kier molecular flexibility index (Phi) is 5.98. The molecule has 25 heavy (non-hydrogen) atoms. The van der Waals surface area contributed by atoms with Crippen molar-refractivity contribution in [3.63, 3.8) is 0 Å². The zero-order chi connectivity index (χ0) is 17.6. The molecule has 0 atom stereocenters. The molecular weight excluding hydrogens is 361 g/mol. The molecule has 2 heterocycles. The molecule has 0 saturated heterocycles. The van der Waals surface area contributed by atoms with Crippen LogP contribution >= 0.6 is 23.1 Å². The zero-order valence-electron chi connectivity index (χ0n) is 13.9. The number of halogens is 1. The van der Waals surface area contributed by atoms with Gasteiger partial charge in [0.2, 0.25) is 5.16 Å². The van der Waals surface area contributed by atoms with E-state index in [2.05, 4.69) is 34.4 Å². The minimum atomic E-state index is -0.277. The fraction of sp³-hybridized carbons (Fsp3) is 0.375. The van der Waals surface area contributed by atoms with E-state index < -0.39 is 0 Å². The number of thiazole rings is 1. The van der Waals surface area contributed by atoms with E-state index in [1.807, 2.05) is 10.1 Å². The van der Waals surface area contributed by atoms with Crippen molar-refractivity contribution in [3.05, 3.63) is 46.2 Å². The number of hydrogen-bond donors (Lipinski definition) is 0. The van der Waals surface area contributed by atoms with Gasteiger partial charge in [-0.25, -0.2) is 14.1 Å². The molecule has 9 heteroatoms. The Morgan fingerprint density at radius 2 is 2.08 bits per heavy atom. The highest BCUT2D eigenvalue weighted by atomic mass is 32.2. The lowest BCUT2D eigenvalue weighted by Crippen LogP contribution is -2.07. The number of hydrogen-bond acceptors (Lipinski definition) is 7. The first kappa shape index (κ1) is 17.8. The molecule has 6 nitrogen and oxygen atoms in total. The number of tetrazole rings is 1. The van der Waals surface area contributed by atoms with Gasteiger partial charge in [-0.2, -0.15) is 0 Å². The van der Waals surface area contributed by atoms with Crippen LogP contribution in [0, 0.1) is 11.7 Å². The third-order valence-electron chi connectivity index (χ3n) is 3.16. The molecule has 0 unspecified atom stereocenters. The summed E-state index contributed by atoms with van der Waals surface area (Å²) in [5.74, 6) is 1.53. The number of ether oxygens (including phenoxy) is 1. The molecule has 0 saturated carbocycles. The van der Waals surface area contributed by atoms with Gasteiger partial charge in [0.1, 0.15) is 23.2 Å². The summed E-state index contributed by atoms with van der Waals surface area (Å²) < 4.78 is 20.3. The quantitative estimate of drug-likeness (QED) is 0.555. The Morgan fingerprint density at radius 3 is 2.84 bits per heavy atom. The van der Waals surface area contributed by atoms with Gasteiger partial charge in [0, 0.05) is 17.7 Å². The van der Waals surface area contributed by atoms with Gasteiger partial charge in [0.25, 0.3) is 0 Å². The van der Waals surface area contributed by atoms with Crippen molar-refractivity contribution >= 4 is 23.1 Å². The molecule has 0 fully saturated rings. The van der Waals surface area contributed by atoms with Crippen LogP contribution in [0.15, 0.2) is 34.8 Å². The zero-order valence-corrected chi connectivity index (χ0v) is 15.6. The van der Waals surface area contributed by atoms with E-state index in [0.29, 0.717) is 24.0 Å². The van der Waals surface area contributed by atoms with Crippen molar-refractivity contribution in [1.82, 2.24) is 25.2 Å². The van der Waals surface area contributed by atoms with Crippen LogP contribution in [-0.4, -0.2) is 25.2 Å². The van der Waals surface area contributed by atoms with E-state index in [1.54, 1.807) is 35.2 Å². The van der Waals surface area contributed by atoms with Gasteiger partial charge in [0.05, 0.1) is 5.69 Å². The van der Waals surface area contributed by atoms with E-state index >= 15 is 0 Å². The number of benzene rings is 1. The molecule has 3 aromatic rings. The Labute approximate surface area is 153 Å². The topological polar surface area (TPSA) is 65.7 Å².